The largest absolute Gasteiger partial charge is 0.352 e. The highest BCUT2D eigenvalue weighted by atomic mass is 19.1. The summed E-state index contributed by atoms with van der Waals surface area (Å²) in [5.74, 6) is -1.87. The monoisotopic (exact) mass is 476 g/mol. The Balaban J connectivity index is 1.85. The Morgan fingerprint density at radius 2 is 1.69 bits per heavy atom. The van der Waals surface area contributed by atoms with Crippen LogP contribution in [0.2, 0.25) is 0 Å². The standard InChI is InChI=1S/C26H22F2N4O3/c1-16(2)17-10-12-21(13-11-17)32-26(35)31(15-18-6-3-4-9-22(18)28)25(34)23(30-32)24(33)29-20-8-5-7-19(27)14-20/h3-14,16H,15H2,1-2H3,(H,29,33). The van der Waals surface area contributed by atoms with Crippen LogP contribution in [0.1, 0.15) is 41.4 Å². The summed E-state index contributed by atoms with van der Waals surface area (Å²) in [5.41, 5.74) is -0.891. The molecule has 35 heavy (non-hydrogen) atoms. The lowest BCUT2D eigenvalue weighted by Gasteiger charge is -2.13. The van der Waals surface area contributed by atoms with Crippen LogP contribution < -0.4 is 16.6 Å². The van der Waals surface area contributed by atoms with E-state index in [1.54, 1.807) is 18.2 Å². The molecule has 7 nitrogen and oxygen atoms in total. The van der Waals surface area contributed by atoms with E-state index in [9.17, 15) is 23.2 Å². The van der Waals surface area contributed by atoms with Crippen molar-refractivity contribution >= 4 is 11.6 Å². The van der Waals surface area contributed by atoms with Gasteiger partial charge in [0, 0.05) is 11.3 Å². The Kier molecular flexibility index (Phi) is 6.68. The minimum absolute atomic E-state index is 0.0936. The predicted octanol–water partition coefficient (Wildman–Crippen LogP) is 4.10. The molecule has 4 aromatic rings. The lowest BCUT2D eigenvalue weighted by Crippen LogP contribution is -2.45. The van der Waals surface area contributed by atoms with Gasteiger partial charge in [-0.15, -0.1) is 0 Å². The minimum atomic E-state index is -0.998. The molecule has 0 fully saturated rings. The van der Waals surface area contributed by atoms with E-state index in [0.29, 0.717) is 5.69 Å². The number of carbonyl (C=O) groups is 1. The van der Waals surface area contributed by atoms with Crippen molar-refractivity contribution < 1.29 is 13.6 Å². The summed E-state index contributed by atoms with van der Waals surface area (Å²) in [6, 6.07) is 17.8. The van der Waals surface area contributed by atoms with Gasteiger partial charge in [0.05, 0.1) is 12.2 Å². The lowest BCUT2D eigenvalue weighted by molar-refractivity contribution is 0.101. The maximum Gasteiger partial charge on any atom is 0.352 e. The molecule has 1 heterocycles. The van der Waals surface area contributed by atoms with Crippen LogP contribution in [-0.2, 0) is 6.54 Å². The number of aromatic nitrogens is 3. The number of hydrogen-bond acceptors (Lipinski definition) is 4. The third kappa shape index (κ3) is 5.08. The van der Waals surface area contributed by atoms with Crippen molar-refractivity contribution in [3.63, 3.8) is 0 Å². The van der Waals surface area contributed by atoms with Crippen molar-refractivity contribution in [3.05, 3.63) is 122 Å². The van der Waals surface area contributed by atoms with E-state index in [1.165, 1.54) is 36.4 Å². The number of amides is 1. The molecule has 4 rings (SSSR count). The van der Waals surface area contributed by atoms with Gasteiger partial charge < -0.3 is 5.32 Å². The van der Waals surface area contributed by atoms with E-state index in [2.05, 4.69) is 10.4 Å². The average molecular weight is 476 g/mol. The summed E-state index contributed by atoms with van der Waals surface area (Å²) < 4.78 is 29.5. The van der Waals surface area contributed by atoms with Gasteiger partial charge in [-0.1, -0.05) is 50.2 Å². The molecular formula is C26H22F2N4O3. The second-order valence-corrected chi connectivity index (χ2v) is 8.24. The zero-order chi connectivity index (χ0) is 25.1. The third-order valence-corrected chi connectivity index (χ3v) is 5.45. The van der Waals surface area contributed by atoms with Crippen LogP contribution in [0.4, 0.5) is 14.5 Å². The predicted molar refractivity (Wildman–Crippen MR) is 128 cm³/mol. The van der Waals surface area contributed by atoms with Crippen molar-refractivity contribution in [2.45, 2.75) is 26.3 Å². The summed E-state index contributed by atoms with van der Waals surface area (Å²) >= 11 is 0. The van der Waals surface area contributed by atoms with Gasteiger partial charge in [0.25, 0.3) is 11.5 Å². The lowest BCUT2D eigenvalue weighted by atomic mass is 10.0. The number of benzene rings is 3. The van der Waals surface area contributed by atoms with Crippen LogP contribution >= 0.6 is 0 Å². The Bertz CT molecular complexity index is 1510. The van der Waals surface area contributed by atoms with Gasteiger partial charge in [0.1, 0.15) is 11.6 Å². The molecule has 3 aromatic carbocycles. The number of rotatable bonds is 6. The summed E-state index contributed by atoms with van der Waals surface area (Å²) in [4.78, 5) is 39.4. The molecule has 0 aliphatic heterocycles. The summed E-state index contributed by atoms with van der Waals surface area (Å²) in [7, 11) is 0. The molecule has 9 heteroatoms. The first-order chi connectivity index (χ1) is 16.7. The molecule has 178 valence electrons. The van der Waals surface area contributed by atoms with E-state index < -0.39 is 41.0 Å². The second kappa shape index (κ2) is 9.84. The fraction of sp³-hybridized carbons (Fsp3) is 0.154. The van der Waals surface area contributed by atoms with Crippen molar-refractivity contribution in [2.24, 2.45) is 0 Å². The quantitative estimate of drug-likeness (QED) is 0.454. The SMILES string of the molecule is CC(C)c1ccc(-n2nc(C(=O)Nc3cccc(F)c3)c(=O)n(Cc3ccccc3F)c2=O)cc1. The molecule has 0 aliphatic carbocycles. The Morgan fingerprint density at radius 3 is 2.34 bits per heavy atom. The number of halogens is 2. The first-order valence-corrected chi connectivity index (χ1v) is 10.9. The smallest absolute Gasteiger partial charge is 0.320 e. The fourth-order valence-corrected chi connectivity index (χ4v) is 3.52. The maximum atomic E-state index is 14.3. The van der Waals surface area contributed by atoms with Gasteiger partial charge in [-0.3, -0.25) is 14.2 Å². The van der Waals surface area contributed by atoms with E-state index in [4.69, 9.17) is 0 Å². The Hall–Kier alpha value is -4.40. The van der Waals surface area contributed by atoms with Gasteiger partial charge in [-0.2, -0.15) is 9.78 Å². The van der Waals surface area contributed by atoms with Gasteiger partial charge in [0.2, 0.25) is 5.69 Å². The van der Waals surface area contributed by atoms with Gasteiger partial charge >= 0.3 is 5.69 Å². The molecule has 0 bridgehead atoms. The zero-order valence-electron chi connectivity index (χ0n) is 19.0. The molecule has 0 spiro atoms. The van der Waals surface area contributed by atoms with Crippen LogP contribution in [-0.4, -0.2) is 20.3 Å². The van der Waals surface area contributed by atoms with E-state index in [-0.39, 0.29) is 17.2 Å². The number of anilines is 1. The van der Waals surface area contributed by atoms with Crippen LogP contribution in [0, 0.1) is 11.6 Å². The number of nitrogens with one attached hydrogen (secondary N) is 1. The third-order valence-electron chi connectivity index (χ3n) is 5.45. The molecule has 0 saturated heterocycles. The van der Waals surface area contributed by atoms with E-state index >= 15 is 0 Å². The highest BCUT2D eigenvalue weighted by Crippen LogP contribution is 2.16. The van der Waals surface area contributed by atoms with Crippen LogP contribution in [0.5, 0.6) is 0 Å². The molecule has 0 saturated carbocycles. The highest BCUT2D eigenvalue weighted by Gasteiger charge is 2.21. The van der Waals surface area contributed by atoms with Crippen LogP contribution in [0.3, 0.4) is 0 Å². The first kappa shape index (κ1) is 23.7. The van der Waals surface area contributed by atoms with Crippen molar-refractivity contribution in [2.75, 3.05) is 5.32 Å². The van der Waals surface area contributed by atoms with Crippen molar-refractivity contribution in [3.8, 4) is 5.69 Å². The van der Waals surface area contributed by atoms with E-state index in [1.807, 2.05) is 26.0 Å². The normalized spacial score (nSPS) is 11.0. The average Bonchev–Trinajstić information content (AvgIpc) is 2.83. The molecule has 0 unspecified atom stereocenters. The van der Waals surface area contributed by atoms with E-state index in [0.717, 1.165) is 20.9 Å². The molecule has 0 radical (unpaired) electrons. The first-order valence-electron chi connectivity index (χ1n) is 10.9. The topological polar surface area (TPSA) is 86.0 Å². The summed E-state index contributed by atoms with van der Waals surface area (Å²) in [6.07, 6.45) is 0. The van der Waals surface area contributed by atoms with Crippen LogP contribution in [0.15, 0.2) is 82.4 Å². The van der Waals surface area contributed by atoms with Crippen LogP contribution in [0.25, 0.3) is 5.69 Å². The van der Waals surface area contributed by atoms with Crippen molar-refractivity contribution in [1.29, 1.82) is 0 Å². The van der Waals surface area contributed by atoms with Gasteiger partial charge in [-0.05, 0) is 47.9 Å². The summed E-state index contributed by atoms with van der Waals surface area (Å²) in [5, 5.41) is 6.45. The maximum absolute atomic E-state index is 14.3. The minimum Gasteiger partial charge on any atom is -0.320 e. The van der Waals surface area contributed by atoms with Gasteiger partial charge in [-0.25, -0.2) is 13.6 Å². The van der Waals surface area contributed by atoms with Crippen molar-refractivity contribution in [1.82, 2.24) is 14.3 Å². The number of hydrogen-bond donors (Lipinski definition) is 1. The molecule has 1 N–H and O–H groups in total. The molecule has 1 aromatic heterocycles. The fourth-order valence-electron chi connectivity index (χ4n) is 3.52. The molecule has 0 aliphatic rings. The second-order valence-electron chi connectivity index (χ2n) is 8.24. The Labute approximate surface area is 199 Å². The number of carbonyl (C=O) groups excluding carboxylic acids is 1. The Morgan fingerprint density at radius 1 is 0.971 bits per heavy atom. The highest BCUT2D eigenvalue weighted by molar-refractivity contribution is 6.02. The molecule has 0 atom stereocenters. The zero-order valence-corrected chi connectivity index (χ0v) is 19.0. The van der Waals surface area contributed by atoms with Gasteiger partial charge in [0.15, 0.2) is 0 Å². The molecular weight excluding hydrogens is 454 g/mol. The summed E-state index contributed by atoms with van der Waals surface area (Å²) in [6.45, 7) is 3.63. The molecule has 1 amide bonds. The number of nitrogens with zero attached hydrogens (tertiary/aromatic N) is 3.